The summed E-state index contributed by atoms with van der Waals surface area (Å²) in [6, 6.07) is 0. The van der Waals surface area contributed by atoms with Crippen LogP contribution < -0.4 is 0 Å². The molecule has 6 heteroatoms. The van der Waals surface area contributed by atoms with Crippen LogP contribution in [-0.4, -0.2) is 37.2 Å². The molecule has 73 heavy (non-hydrogen) atoms. The Kier molecular flexibility index (Phi) is 56.9. The number of allylic oxidation sites excluding steroid dienone is 20. The maximum Gasteiger partial charge on any atom is 0.306 e. The molecule has 0 aliphatic carbocycles. The molecule has 1 atom stereocenters. The van der Waals surface area contributed by atoms with Gasteiger partial charge >= 0.3 is 17.9 Å². The van der Waals surface area contributed by atoms with Gasteiger partial charge < -0.3 is 14.2 Å². The summed E-state index contributed by atoms with van der Waals surface area (Å²) in [5, 5.41) is 0. The topological polar surface area (TPSA) is 78.9 Å². The third-order valence-electron chi connectivity index (χ3n) is 12.4. The molecule has 0 aliphatic heterocycles. The van der Waals surface area contributed by atoms with Crippen molar-refractivity contribution in [2.75, 3.05) is 13.2 Å². The van der Waals surface area contributed by atoms with E-state index in [4.69, 9.17) is 14.2 Å². The second kappa shape index (κ2) is 60.4. The van der Waals surface area contributed by atoms with Crippen molar-refractivity contribution in [2.24, 2.45) is 0 Å². The molecule has 0 radical (unpaired) electrons. The molecule has 0 aliphatic rings. The summed E-state index contributed by atoms with van der Waals surface area (Å²) in [7, 11) is 0. The lowest BCUT2D eigenvalue weighted by Gasteiger charge is -2.18. The van der Waals surface area contributed by atoms with Crippen LogP contribution in [0.2, 0.25) is 0 Å². The van der Waals surface area contributed by atoms with Gasteiger partial charge in [0.05, 0.1) is 0 Å². The first kappa shape index (κ1) is 68.8. The zero-order valence-corrected chi connectivity index (χ0v) is 47.4. The molecule has 414 valence electrons. The van der Waals surface area contributed by atoms with E-state index in [-0.39, 0.29) is 31.6 Å². The van der Waals surface area contributed by atoms with Crippen molar-refractivity contribution < 1.29 is 28.6 Å². The Hall–Kier alpha value is -4.19. The molecule has 1 unspecified atom stereocenters. The Labute approximate surface area is 450 Å². The second-order valence-electron chi connectivity index (χ2n) is 19.5. The minimum absolute atomic E-state index is 0.116. The van der Waals surface area contributed by atoms with Crippen LogP contribution in [0.25, 0.3) is 0 Å². The van der Waals surface area contributed by atoms with Crippen LogP contribution in [0.4, 0.5) is 0 Å². The van der Waals surface area contributed by atoms with E-state index in [1.807, 2.05) is 12.2 Å². The largest absolute Gasteiger partial charge is 0.462 e. The first-order valence-corrected chi connectivity index (χ1v) is 30.0. The molecule has 0 N–H and O–H groups in total. The minimum Gasteiger partial charge on any atom is -0.462 e. The van der Waals surface area contributed by atoms with E-state index in [2.05, 4.69) is 130 Å². The zero-order valence-electron chi connectivity index (χ0n) is 47.4. The minimum atomic E-state index is -0.829. The van der Waals surface area contributed by atoms with Gasteiger partial charge in [0.25, 0.3) is 0 Å². The summed E-state index contributed by atoms with van der Waals surface area (Å²) in [6.07, 6.45) is 83.5. The molecule has 0 aromatic carbocycles. The van der Waals surface area contributed by atoms with Gasteiger partial charge in [-0.25, -0.2) is 0 Å². The maximum absolute atomic E-state index is 12.8. The third-order valence-corrected chi connectivity index (χ3v) is 12.4. The van der Waals surface area contributed by atoms with E-state index in [1.165, 1.54) is 103 Å². The molecule has 0 bridgehead atoms. The Bertz CT molecular complexity index is 1540. The smallest absolute Gasteiger partial charge is 0.306 e. The van der Waals surface area contributed by atoms with Crippen molar-refractivity contribution in [2.45, 2.75) is 271 Å². The number of rotatable bonds is 53. The second-order valence-corrected chi connectivity index (χ2v) is 19.5. The highest BCUT2D eigenvalue weighted by Crippen LogP contribution is 2.15. The van der Waals surface area contributed by atoms with Gasteiger partial charge in [-0.15, -0.1) is 0 Å². The molecule has 0 saturated carbocycles. The van der Waals surface area contributed by atoms with Crippen LogP contribution in [0.1, 0.15) is 265 Å². The van der Waals surface area contributed by atoms with Crippen molar-refractivity contribution >= 4 is 17.9 Å². The first-order chi connectivity index (χ1) is 36.0. The highest BCUT2D eigenvalue weighted by Gasteiger charge is 2.19. The van der Waals surface area contributed by atoms with Gasteiger partial charge in [-0.05, 0) is 116 Å². The summed E-state index contributed by atoms with van der Waals surface area (Å²) in [5.41, 5.74) is 0. The number of ether oxygens (including phenoxy) is 3. The van der Waals surface area contributed by atoms with Crippen molar-refractivity contribution in [1.82, 2.24) is 0 Å². The molecule has 0 spiro atoms. The summed E-state index contributed by atoms with van der Waals surface area (Å²) in [5.74, 6) is -1.02. The van der Waals surface area contributed by atoms with E-state index >= 15 is 0 Å². The van der Waals surface area contributed by atoms with Gasteiger partial charge in [0.2, 0.25) is 0 Å². The van der Waals surface area contributed by atoms with Crippen molar-refractivity contribution in [1.29, 1.82) is 0 Å². The highest BCUT2D eigenvalue weighted by atomic mass is 16.6. The molecule has 0 amide bonds. The van der Waals surface area contributed by atoms with Crippen molar-refractivity contribution in [3.8, 4) is 0 Å². The molecule has 0 heterocycles. The number of carbonyl (C=O) groups is 3. The Balaban J connectivity index is 4.46. The van der Waals surface area contributed by atoms with E-state index in [0.29, 0.717) is 19.3 Å². The molecule has 0 rings (SSSR count). The average molecular weight is 1010 g/mol. The van der Waals surface area contributed by atoms with E-state index < -0.39 is 12.1 Å². The lowest BCUT2D eigenvalue weighted by Crippen LogP contribution is -2.30. The number of hydrogen-bond donors (Lipinski definition) is 0. The first-order valence-electron chi connectivity index (χ1n) is 30.0. The van der Waals surface area contributed by atoms with Gasteiger partial charge in [-0.3, -0.25) is 14.4 Å². The fourth-order valence-corrected chi connectivity index (χ4v) is 7.95. The average Bonchev–Trinajstić information content (AvgIpc) is 3.39. The van der Waals surface area contributed by atoms with Crippen LogP contribution >= 0.6 is 0 Å². The number of carbonyl (C=O) groups excluding carboxylic acids is 3. The fourth-order valence-electron chi connectivity index (χ4n) is 7.95. The molecule has 6 nitrogen and oxygen atoms in total. The standard InChI is InChI=1S/C67H110O6/c1-4-7-10-13-16-19-22-25-27-29-31-32-33-34-36-37-39-42-45-48-51-54-57-60-66(69)72-63-64(62-71-65(68)59-56-53-50-47-44-41-24-21-18-15-12-9-6-3)73-67(70)61-58-55-52-49-46-43-40-38-35-30-28-26-23-20-17-14-11-8-5-2/h8,11-12,15,17,20-22,24-26,28-29,31,35,38,43,46,52,55,64H,4-7,9-10,13-14,16,18-19,23,27,30,32-34,36-37,39-42,44-45,47-51,53-54,56-63H2,1-3H3/b11-8-,15-12-,20-17-,24-21-,25-22-,28-26-,31-29-,38-35-,46-43-,55-52-. The van der Waals surface area contributed by atoms with Crippen LogP contribution in [0.5, 0.6) is 0 Å². The summed E-state index contributed by atoms with van der Waals surface area (Å²) < 4.78 is 16.8. The van der Waals surface area contributed by atoms with Crippen LogP contribution in [0.3, 0.4) is 0 Å². The predicted octanol–water partition coefficient (Wildman–Crippen LogP) is 20.4. The molecule has 0 aromatic rings. The number of unbranched alkanes of at least 4 members (excludes halogenated alkanes) is 22. The number of esters is 3. The van der Waals surface area contributed by atoms with E-state index in [9.17, 15) is 14.4 Å². The SMILES string of the molecule is CC/C=C\C/C=C\C/C=C\C/C=C\C/C=C\C/C=C\CCC(=O)OC(COC(=O)CCCCCCC/C=C\C/C=C\CCC)COC(=O)CCCCCCCCCCCCC/C=C\C/C=C\CCCCCCC. The molecule has 0 aromatic heterocycles. The van der Waals surface area contributed by atoms with Gasteiger partial charge in [-0.2, -0.15) is 0 Å². The highest BCUT2D eigenvalue weighted by molar-refractivity contribution is 5.71. The third kappa shape index (κ3) is 58.6. The lowest BCUT2D eigenvalue weighted by atomic mass is 10.0. The molecule has 0 fully saturated rings. The van der Waals surface area contributed by atoms with Gasteiger partial charge in [0.15, 0.2) is 6.10 Å². The Morgan fingerprint density at radius 1 is 0.288 bits per heavy atom. The van der Waals surface area contributed by atoms with Crippen LogP contribution in [0, 0.1) is 0 Å². The lowest BCUT2D eigenvalue weighted by molar-refractivity contribution is -0.166. The fraction of sp³-hybridized carbons (Fsp3) is 0.657. The normalized spacial score (nSPS) is 13.0. The summed E-state index contributed by atoms with van der Waals surface area (Å²) in [6.45, 7) is 6.38. The Morgan fingerprint density at radius 3 is 0.945 bits per heavy atom. The quantitative estimate of drug-likeness (QED) is 0.0261. The van der Waals surface area contributed by atoms with E-state index in [0.717, 1.165) is 116 Å². The predicted molar refractivity (Wildman–Crippen MR) is 316 cm³/mol. The Morgan fingerprint density at radius 2 is 0.589 bits per heavy atom. The summed E-state index contributed by atoms with van der Waals surface area (Å²) in [4.78, 5) is 38.2. The maximum atomic E-state index is 12.8. The van der Waals surface area contributed by atoms with Gasteiger partial charge in [-0.1, -0.05) is 251 Å². The molecule has 0 saturated heterocycles. The van der Waals surface area contributed by atoms with E-state index in [1.54, 1.807) is 0 Å². The van der Waals surface area contributed by atoms with Crippen molar-refractivity contribution in [3.05, 3.63) is 122 Å². The van der Waals surface area contributed by atoms with Gasteiger partial charge in [0, 0.05) is 19.3 Å². The monoisotopic (exact) mass is 1010 g/mol. The number of hydrogen-bond acceptors (Lipinski definition) is 6. The van der Waals surface area contributed by atoms with Gasteiger partial charge in [0.1, 0.15) is 13.2 Å². The van der Waals surface area contributed by atoms with Crippen molar-refractivity contribution in [3.63, 3.8) is 0 Å². The zero-order chi connectivity index (χ0) is 52.9. The van der Waals surface area contributed by atoms with Crippen LogP contribution in [0.15, 0.2) is 122 Å². The van der Waals surface area contributed by atoms with Crippen LogP contribution in [-0.2, 0) is 28.6 Å². The molecular weight excluding hydrogens is 901 g/mol. The molecular formula is C67H110O6. The summed E-state index contributed by atoms with van der Waals surface area (Å²) >= 11 is 0.